The Bertz CT molecular complexity index is 1680. The Morgan fingerprint density at radius 1 is 0.846 bits per heavy atom. The Balaban J connectivity index is 1.26. The molecule has 5 rings (SSSR count). The van der Waals surface area contributed by atoms with E-state index in [2.05, 4.69) is 29.1 Å². The van der Waals surface area contributed by atoms with Crippen LogP contribution >= 0.6 is 0 Å². The highest BCUT2D eigenvalue weighted by atomic mass is 19.2. The van der Waals surface area contributed by atoms with E-state index >= 15 is 0 Å². The first-order valence-electron chi connectivity index (χ1n) is 17.3. The van der Waals surface area contributed by atoms with Crippen molar-refractivity contribution in [2.75, 3.05) is 52.7 Å². The van der Waals surface area contributed by atoms with Crippen molar-refractivity contribution < 1.29 is 52.2 Å². The van der Waals surface area contributed by atoms with Crippen LogP contribution in [0.15, 0.2) is 66.2 Å². The molecule has 2 amide bonds. The topological polar surface area (TPSA) is 121 Å². The number of rotatable bonds is 18. The average Bonchev–Trinajstić information content (AvgIpc) is 3.98. The van der Waals surface area contributed by atoms with E-state index in [1.807, 2.05) is 36.1 Å². The van der Waals surface area contributed by atoms with Crippen molar-refractivity contribution >= 4 is 17.6 Å². The SMILES string of the molecule is Cc1ccc(CCN(C(=O)C2=C(c3ccc(CCCOc4c(F)ccc(F)c4F)cc3)CCN(C(=O)OCCOCCON(O)O)C2)C2CC2)cc1. The van der Waals surface area contributed by atoms with E-state index in [0.29, 0.717) is 50.4 Å². The van der Waals surface area contributed by atoms with E-state index in [4.69, 9.17) is 24.6 Å². The van der Waals surface area contributed by atoms with E-state index < -0.39 is 34.7 Å². The number of carbonyl (C=O) groups excluding carboxylic acids is 2. The number of benzene rings is 3. The van der Waals surface area contributed by atoms with Gasteiger partial charge >= 0.3 is 6.09 Å². The molecule has 1 fully saturated rings. The van der Waals surface area contributed by atoms with Gasteiger partial charge < -0.3 is 24.0 Å². The number of halogens is 3. The molecule has 2 N–H and O–H groups in total. The summed E-state index contributed by atoms with van der Waals surface area (Å²) in [6.07, 6.45) is 3.36. The lowest BCUT2D eigenvalue weighted by Crippen LogP contribution is -2.44. The second kappa shape index (κ2) is 18.9. The minimum Gasteiger partial charge on any atom is -0.488 e. The van der Waals surface area contributed by atoms with Crippen LogP contribution < -0.4 is 4.74 Å². The van der Waals surface area contributed by atoms with Crippen LogP contribution in [0, 0.1) is 24.4 Å². The molecule has 52 heavy (non-hydrogen) atoms. The maximum atomic E-state index is 14.4. The molecule has 0 saturated heterocycles. The van der Waals surface area contributed by atoms with Crippen LogP contribution in [-0.2, 0) is 31.9 Å². The van der Waals surface area contributed by atoms with Crippen molar-refractivity contribution in [1.82, 2.24) is 15.2 Å². The molecule has 1 saturated carbocycles. The zero-order valence-corrected chi connectivity index (χ0v) is 29.1. The van der Waals surface area contributed by atoms with Crippen molar-refractivity contribution in [3.8, 4) is 5.75 Å². The van der Waals surface area contributed by atoms with Crippen molar-refractivity contribution in [2.45, 2.75) is 51.5 Å². The molecular weight excluding hydrogens is 683 g/mol. The molecule has 2 aliphatic rings. The fourth-order valence-electron chi connectivity index (χ4n) is 5.97. The number of aryl methyl sites for hydroxylation is 2. The van der Waals surface area contributed by atoms with Gasteiger partial charge in [-0.15, -0.1) is 0 Å². The van der Waals surface area contributed by atoms with E-state index in [1.165, 1.54) is 4.90 Å². The molecule has 1 aliphatic carbocycles. The highest BCUT2D eigenvalue weighted by Gasteiger charge is 2.37. The number of hydrogen-bond donors (Lipinski definition) is 2. The van der Waals surface area contributed by atoms with Gasteiger partial charge in [-0.1, -0.05) is 54.1 Å². The minimum atomic E-state index is -1.35. The Hall–Kier alpha value is -4.47. The van der Waals surface area contributed by atoms with Gasteiger partial charge in [0.1, 0.15) is 6.61 Å². The quantitative estimate of drug-likeness (QED) is 0.0886. The number of amides is 2. The van der Waals surface area contributed by atoms with Crippen LogP contribution in [0.5, 0.6) is 5.75 Å². The van der Waals surface area contributed by atoms with Gasteiger partial charge in [0.15, 0.2) is 17.4 Å². The van der Waals surface area contributed by atoms with E-state index in [1.54, 1.807) is 0 Å². The Labute approximate surface area is 300 Å². The lowest BCUT2D eigenvalue weighted by atomic mass is 9.91. The minimum absolute atomic E-state index is 0.0128. The van der Waals surface area contributed by atoms with E-state index in [0.717, 1.165) is 46.7 Å². The van der Waals surface area contributed by atoms with Gasteiger partial charge in [0.2, 0.25) is 5.82 Å². The largest absolute Gasteiger partial charge is 0.488 e. The summed E-state index contributed by atoms with van der Waals surface area (Å²) in [5.41, 5.74) is 5.49. The van der Waals surface area contributed by atoms with Crippen LogP contribution in [0.25, 0.3) is 5.57 Å². The molecule has 1 heterocycles. The van der Waals surface area contributed by atoms with Gasteiger partial charge in [-0.05, 0) is 79.8 Å². The summed E-state index contributed by atoms with van der Waals surface area (Å²) >= 11 is 0. The molecule has 1 aliphatic heterocycles. The molecule has 3 aromatic carbocycles. The highest BCUT2D eigenvalue weighted by molar-refractivity contribution is 6.03. The normalized spacial score (nSPS) is 14.6. The van der Waals surface area contributed by atoms with E-state index in [9.17, 15) is 22.8 Å². The summed E-state index contributed by atoms with van der Waals surface area (Å²) in [7, 11) is 0. The molecule has 0 radical (unpaired) electrons. The van der Waals surface area contributed by atoms with Crippen molar-refractivity contribution in [2.24, 2.45) is 0 Å². The third kappa shape index (κ3) is 11.0. The summed E-state index contributed by atoms with van der Waals surface area (Å²) in [6.45, 7) is 2.94. The molecule has 3 aromatic rings. The fourth-order valence-corrected chi connectivity index (χ4v) is 5.97. The molecule has 0 aromatic heterocycles. The average molecular weight is 728 g/mol. The smallest absolute Gasteiger partial charge is 0.410 e. The van der Waals surface area contributed by atoms with Gasteiger partial charge in [0.25, 0.3) is 5.91 Å². The molecule has 0 spiro atoms. The van der Waals surface area contributed by atoms with Gasteiger partial charge in [-0.2, -0.15) is 4.39 Å². The number of carbonyl (C=O) groups is 2. The summed E-state index contributed by atoms with van der Waals surface area (Å²) in [4.78, 5) is 35.3. The Morgan fingerprint density at radius 3 is 2.23 bits per heavy atom. The zero-order chi connectivity index (χ0) is 37.0. The zero-order valence-electron chi connectivity index (χ0n) is 29.1. The molecule has 0 bridgehead atoms. The highest BCUT2D eigenvalue weighted by Crippen LogP contribution is 2.34. The van der Waals surface area contributed by atoms with Crippen molar-refractivity contribution in [3.63, 3.8) is 0 Å². The molecule has 0 atom stereocenters. The summed E-state index contributed by atoms with van der Waals surface area (Å²) in [6, 6.07) is 17.6. The second-order valence-electron chi connectivity index (χ2n) is 12.7. The van der Waals surface area contributed by atoms with Crippen molar-refractivity contribution in [3.05, 3.63) is 106 Å². The Kier molecular flexibility index (Phi) is 14.0. The van der Waals surface area contributed by atoms with Gasteiger partial charge in [-0.25, -0.2) is 18.4 Å². The molecule has 14 heteroatoms. The van der Waals surface area contributed by atoms with Crippen LogP contribution in [0.1, 0.15) is 47.9 Å². The number of hydrogen-bond acceptors (Lipinski definition) is 9. The molecular formula is C38H44F3N3O8. The predicted molar refractivity (Wildman–Crippen MR) is 183 cm³/mol. The third-order valence-corrected chi connectivity index (χ3v) is 8.92. The fraction of sp³-hybridized carbons (Fsp3) is 0.421. The monoisotopic (exact) mass is 727 g/mol. The van der Waals surface area contributed by atoms with Crippen LogP contribution in [0.4, 0.5) is 18.0 Å². The Morgan fingerprint density at radius 2 is 1.52 bits per heavy atom. The number of nitrogens with zero attached hydrogens (tertiary/aromatic N) is 3. The maximum Gasteiger partial charge on any atom is 0.410 e. The van der Waals surface area contributed by atoms with E-state index in [-0.39, 0.29) is 51.5 Å². The first-order valence-corrected chi connectivity index (χ1v) is 17.3. The van der Waals surface area contributed by atoms with Crippen molar-refractivity contribution in [1.29, 1.82) is 0 Å². The van der Waals surface area contributed by atoms with Gasteiger partial charge in [0.05, 0.1) is 38.4 Å². The summed E-state index contributed by atoms with van der Waals surface area (Å²) < 4.78 is 57.2. The molecule has 0 unspecified atom stereocenters. The van der Waals surface area contributed by atoms with Gasteiger partial charge in [-0.3, -0.25) is 15.2 Å². The first-order chi connectivity index (χ1) is 25.1. The predicted octanol–water partition coefficient (Wildman–Crippen LogP) is 6.28. The number of ether oxygens (including phenoxy) is 3. The molecule has 280 valence electrons. The molecule has 11 nitrogen and oxygen atoms in total. The first kappa shape index (κ1) is 38.8. The second-order valence-corrected chi connectivity index (χ2v) is 12.7. The van der Waals surface area contributed by atoms with Crippen LogP contribution in [-0.4, -0.2) is 96.3 Å². The standard InChI is InChI=1S/C38H44F3N3O8/c1-26-4-6-28(7-5-26)16-19-43(30-12-13-30)37(45)32-25-42(38(46)51-23-21-49-22-24-52-44(47)48)18-17-31(32)29-10-8-27(9-11-29)3-2-20-50-36-34(40)15-14-33(39)35(36)41/h4-11,14-15,30,47-48H,2-3,12-13,16-25H2,1H3. The van der Waals surface area contributed by atoms with Crippen LogP contribution in [0.3, 0.4) is 0 Å². The van der Waals surface area contributed by atoms with Gasteiger partial charge in [0, 0.05) is 24.7 Å². The van der Waals surface area contributed by atoms with Crippen LogP contribution in [0.2, 0.25) is 0 Å². The summed E-state index contributed by atoms with van der Waals surface area (Å²) in [5, 5.41) is 16.7. The maximum absolute atomic E-state index is 14.4. The summed E-state index contributed by atoms with van der Waals surface area (Å²) in [5.74, 6) is -4.33. The lowest BCUT2D eigenvalue weighted by molar-refractivity contribution is -0.493. The lowest BCUT2D eigenvalue weighted by Gasteiger charge is -2.33. The third-order valence-electron chi connectivity index (χ3n) is 8.92.